The third-order valence-corrected chi connectivity index (χ3v) is 2.31. The van der Waals surface area contributed by atoms with Crippen LogP contribution in [0.3, 0.4) is 0 Å². The van der Waals surface area contributed by atoms with Crippen LogP contribution in [0.2, 0.25) is 0 Å². The molecule has 3 nitrogen and oxygen atoms in total. The molecule has 0 saturated carbocycles. The van der Waals surface area contributed by atoms with Crippen molar-refractivity contribution in [1.82, 2.24) is 0 Å². The summed E-state index contributed by atoms with van der Waals surface area (Å²) in [6.07, 6.45) is -0.838. The number of carbonyl (C=O) groups is 1. The Labute approximate surface area is 88.6 Å². The third kappa shape index (κ3) is 1.42. The lowest BCUT2D eigenvalue weighted by Crippen LogP contribution is -2.31. The smallest absolute Gasteiger partial charge is 0.414 e. The van der Waals surface area contributed by atoms with Crippen molar-refractivity contribution in [3.8, 4) is 0 Å². The molecule has 0 N–H and O–H groups in total. The van der Waals surface area contributed by atoms with E-state index in [1.807, 2.05) is 0 Å². The number of rotatable bonds is 0. The molecule has 0 aliphatic carbocycles. The predicted octanol–water partition coefficient (Wildman–Crippen LogP) is 2.54. The van der Waals surface area contributed by atoms with Crippen LogP contribution in [0.5, 0.6) is 0 Å². The summed E-state index contributed by atoms with van der Waals surface area (Å²) in [5.74, 6) is 0. The van der Waals surface area contributed by atoms with Gasteiger partial charge in [0, 0.05) is 21.1 Å². The molecule has 1 aromatic carbocycles. The highest BCUT2D eigenvalue weighted by Gasteiger charge is 2.21. The Morgan fingerprint density at radius 1 is 1.69 bits per heavy atom. The van der Waals surface area contributed by atoms with Crippen molar-refractivity contribution in [3.05, 3.63) is 28.2 Å². The van der Waals surface area contributed by atoms with Crippen LogP contribution in [0, 0.1) is 0 Å². The molecule has 0 bridgehead atoms. The monoisotopic (exact) mass is 244 g/mol. The molecule has 0 unspecified atom stereocenters. The number of amides is 1. The molecule has 4 heteroatoms. The van der Waals surface area contributed by atoms with Crippen molar-refractivity contribution < 1.29 is 13.6 Å². The topological polar surface area (TPSA) is 29.5 Å². The standard InChI is InChI=1S/C9H8BrNO2/c1-11-8-3-2-7(10)4-6(8)5-13-9(11)12/h2-4H,5H2,1H3/i1D3. The Kier molecular flexibility index (Phi) is 1.32. The van der Waals surface area contributed by atoms with E-state index in [1.165, 1.54) is 0 Å². The fraction of sp³-hybridized carbons (Fsp3) is 0.222. The van der Waals surface area contributed by atoms with Crippen LogP contribution < -0.4 is 4.90 Å². The molecule has 2 rings (SSSR count). The molecule has 1 amide bonds. The normalized spacial score (nSPS) is 19.6. The Bertz CT molecular complexity index is 447. The second kappa shape index (κ2) is 3.03. The van der Waals surface area contributed by atoms with Crippen LogP contribution in [-0.4, -0.2) is 13.1 Å². The predicted molar refractivity (Wildman–Crippen MR) is 52.7 cm³/mol. The fourth-order valence-corrected chi connectivity index (χ4v) is 1.60. The highest BCUT2D eigenvalue weighted by molar-refractivity contribution is 9.10. The maximum Gasteiger partial charge on any atom is 0.414 e. The summed E-state index contributed by atoms with van der Waals surface area (Å²) in [5.41, 5.74) is 1.05. The van der Waals surface area contributed by atoms with E-state index in [9.17, 15) is 4.79 Å². The van der Waals surface area contributed by atoms with Gasteiger partial charge in [-0.2, -0.15) is 0 Å². The molecule has 13 heavy (non-hydrogen) atoms. The average molecular weight is 245 g/mol. The number of hydrogen-bond donors (Lipinski definition) is 0. The number of fused-ring (bicyclic) bond motifs is 1. The van der Waals surface area contributed by atoms with Gasteiger partial charge in [0.1, 0.15) is 6.61 Å². The van der Waals surface area contributed by atoms with Gasteiger partial charge in [-0.15, -0.1) is 0 Å². The summed E-state index contributed by atoms with van der Waals surface area (Å²) in [4.78, 5) is 12.1. The molecule has 68 valence electrons. The molecule has 0 spiro atoms. The number of hydrogen-bond acceptors (Lipinski definition) is 2. The molecule has 0 fully saturated rings. The average Bonchev–Trinajstić information content (AvgIpc) is 2.16. The SMILES string of the molecule is [2H]C([2H])([2H])N1C(=O)OCc2cc(Br)ccc21. The third-order valence-electron chi connectivity index (χ3n) is 1.82. The lowest BCUT2D eigenvalue weighted by molar-refractivity contribution is 0.143. The molecule has 1 aliphatic heterocycles. The van der Waals surface area contributed by atoms with E-state index < -0.39 is 13.1 Å². The van der Waals surface area contributed by atoms with Crippen LogP contribution in [0.25, 0.3) is 0 Å². The highest BCUT2D eigenvalue weighted by atomic mass is 79.9. The van der Waals surface area contributed by atoms with Gasteiger partial charge in [0.2, 0.25) is 0 Å². The molecule has 1 aromatic rings. The second-order valence-corrected chi connectivity index (χ2v) is 3.58. The first-order chi connectivity index (χ1) is 7.39. The van der Waals surface area contributed by atoms with Crippen LogP contribution in [-0.2, 0) is 11.3 Å². The summed E-state index contributed by atoms with van der Waals surface area (Å²) in [5, 5.41) is 0. The summed E-state index contributed by atoms with van der Waals surface area (Å²) >= 11 is 3.28. The van der Waals surface area contributed by atoms with Crippen molar-refractivity contribution in [2.45, 2.75) is 6.61 Å². The number of nitrogens with zero attached hydrogens (tertiary/aromatic N) is 1. The van der Waals surface area contributed by atoms with Gasteiger partial charge in [-0.05, 0) is 18.2 Å². The minimum Gasteiger partial charge on any atom is -0.444 e. The number of cyclic esters (lactones) is 1. The Balaban J connectivity index is 2.53. The minimum absolute atomic E-state index is 0.0974. The lowest BCUT2D eigenvalue weighted by Gasteiger charge is -2.25. The molecule has 0 atom stereocenters. The van der Waals surface area contributed by atoms with Crippen molar-refractivity contribution in [3.63, 3.8) is 0 Å². The quantitative estimate of drug-likeness (QED) is 0.702. The van der Waals surface area contributed by atoms with Crippen molar-refractivity contribution >= 4 is 27.7 Å². The minimum atomic E-state index is -2.53. The van der Waals surface area contributed by atoms with Gasteiger partial charge in [-0.3, -0.25) is 4.90 Å². The maximum absolute atomic E-state index is 11.4. The van der Waals surface area contributed by atoms with E-state index >= 15 is 0 Å². The lowest BCUT2D eigenvalue weighted by atomic mass is 10.1. The zero-order valence-corrected chi connectivity index (χ0v) is 8.17. The highest BCUT2D eigenvalue weighted by Crippen LogP contribution is 2.28. The van der Waals surface area contributed by atoms with Crippen molar-refractivity contribution in [1.29, 1.82) is 0 Å². The largest absolute Gasteiger partial charge is 0.444 e. The molecule has 1 aliphatic rings. The molecule has 0 radical (unpaired) electrons. The first-order valence-electron chi connectivity index (χ1n) is 5.15. The number of ether oxygens (including phenoxy) is 1. The van der Waals surface area contributed by atoms with Crippen LogP contribution in [0.15, 0.2) is 22.7 Å². The van der Waals surface area contributed by atoms with E-state index in [1.54, 1.807) is 18.2 Å². The fourth-order valence-electron chi connectivity index (χ4n) is 1.19. The number of halogens is 1. The van der Waals surface area contributed by atoms with Gasteiger partial charge in [0.05, 0.1) is 5.69 Å². The Morgan fingerprint density at radius 2 is 2.54 bits per heavy atom. The summed E-state index contributed by atoms with van der Waals surface area (Å²) in [6.45, 7) is -2.43. The number of anilines is 1. The summed E-state index contributed by atoms with van der Waals surface area (Å²) < 4.78 is 27.5. The summed E-state index contributed by atoms with van der Waals surface area (Å²) in [7, 11) is 0. The van der Waals surface area contributed by atoms with Gasteiger partial charge in [0.25, 0.3) is 0 Å². The van der Waals surface area contributed by atoms with Crippen LogP contribution >= 0.6 is 15.9 Å². The van der Waals surface area contributed by atoms with Crippen LogP contribution in [0.1, 0.15) is 9.68 Å². The van der Waals surface area contributed by atoms with Gasteiger partial charge < -0.3 is 4.74 Å². The van der Waals surface area contributed by atoms with E-state index in [0.717, 1.165) is 4.47 Å². The van der Waals surface area contributed by atoms with Crippen molar-refractivity contribution in [2.75, 3.05) is 11.9 Å². The Morgan fingerprint density at radius 3 is 3.31 bits per heavy atom. The Hall–Kier alpha value is -1.03. The zero-order chi connectivity index (χ0) is 11.9. The number of benzene rings is 1. The first-order valence-corrected chi connectivity index (χ1v) is 4.44. The van der Waals surface area contributed by atoms with E-state index in [4.69, 9.17) is 8.85 Å². The van der Waals surface area contributed by atoms with Gasteiger partial charge in [-0.25, -0.2) is 4.79 Å². The van der Waals surface area contributed by atoms with Gasteiger partial charge in [0.15, 0.2) is 0 Å². The molecular formula is C9H8BrNO2. The molecular weight excluding hydrogens is 234 g/mol. The molecule has 0 aromatic heterocycles. The van der Waals surface area contributed by atoms with E-state index in [-0.39, 0.29) is 6.61 Å². The first kappa shape index (κ1) is 5.65. The van der Waals surface area contributed by atoms with Gasteiger partial charge in [-0.1, -0.05) is 15.9 Å². The maximum atomic E-state index is 11.4. The number of carbonyl (C=O) groups excluding carboxylic acids is 1. The van der Waals surface area contributed by atoms with E-state index in [2.05, 4.69) is 15.9 Å². The zero-order valence-electron chi connectivity index (χ0n) is 9.58. The van der Waals surface area contributed by atoms with Gasteiger partial charge >= 0.3 is 6.09 Å². The van der Waals surface area contributed by atoms with E-state index in [0.29, 0.717) is 16.2 Å². The molecule has 0 saturated heterocycles. The van der Waals surface area contributed by atoms with Crippen molar-refractivity contribution in [2.24, 2.45) is 0 Å². The van der Waals surface area contributed by atoms with Crippen LogP contribution in [0.4, 0.5) is 10.5 Å². The second-order valence-electron chi connectivity index (χ2n) is 2.66. The summed E-state index contributed by atoms with van der Waals surface area (Å²) in [6, 6.07) is 5.02. The molecule has 1 heterocycles.